The largest absolute Gasteiger partial charge is 0.338 e. The Balaban J connectivity index is 2.24. The quantitative estimate of drug-likeness (QED) is 0.623. The van der Waals surface area contributed by atoms with Gasteiger partial charge in [0.15, 0.2) is 0 Å². The van der Waals surface area contributed by atoms with E-state index >= 15 is 0 Å². The molecule has 0 aliphatic heterocycles. The van der Waals surface area contributed by atoms with Crippen molar-refractivity contribution in [3.63, 3.8) is 0 Å². The number of H-pyrrole nitrogens is 2. The first-order valence-corrected chi connectivity index (χ1v) is 5.47. The van der Waals surface area contributed by atoms with Crippen molar-refractivity contribution >= 4 is 11.0 Å². The second kappa shape index (κ2) is 3.71. The number of fused-ring (bicyclic) bond motifs is 1. The van der Waals surface area contributed by atoms with Crippen LogP contribution in [0.4, 0.5) is 0 Å². The minimum atomic E-state index is 0.492. The van der Waals surface area contributed by atoms with Gasteiger partial charge in [-0.05, 0) is 18.6 Å². The average Bonchev–Trinajstić information content (AvgIpc) is 2.93. The first-order chi connectivity index (χ1) is 8.29. The van der Waals surface area contributed by atoms with E-state index in [0.29, 0.717) is 6.54 Å². The van der Waals surface area contributed by atoms with Gasteiger partial charge in [0.2, 0.25) is 0 Å². The Kier molecular flexibility index (Phi) is 2.19. The minimum Gasteiger partial charge on any atom is -0.338 e. The molecule has 0 atom stereocenters. The summed E-state index contributed by atoms with van der Waals surface area (Å²) in [6, 6.07) is 5.98. The third-order valence-electron chi connectivity index (χ3n) is 2.90. The summed E-state index contributed by atoms with van der Waals surface area (Å²) in [7, 11) is 0. The molecule has 0 amide bonds. The van der Waals surface area contributed by atoms with Crippen molar-refractivity contribution in [2.75, 3.05) is 0 Å². The summed E-state index contributed by atoms with van der Waals surface area (Å²) in [6.07, 6.45) is 1.77. The van der Waals surface area contributed by atoms with Crippen LogP contribution in [0.1, 0.15) is 11.3 Å². The lowest BCUT2D eigenvalue weighted by atomic mass is 10.2. The van der Waals surface area contributed by atoms with Crippen LogP contribution in [0.5, 0.6) is 0 Å². The topological polar surface area (TPSA) is 83.4 Å². The molecule has 86 valence electrons. The van der Waals surface area contributed by atoms with Gasteiger partial charge in [0.25, 0.3) is 0 Å². The number of hydrogen-bond acceptors (Lipinski definition) is 3. The molecule has 2 heterocycles. The van der Waals surface area contributed by atoms with Crippen LogP contribution in [0.15, 0.2) is 24.4 Å². The zero-order chi connectivity index (χ0) is 11.8. The van der Waals surface area contributed by atoms with E-state index < -0.39 is 0 Å². The lowest BCUT2D eigenvalue weighted by Gasteiger charge is -1.95. The summed E-state index contributed by atoms with van der Waals surface area (Å²) in [5.74, 6) is 0.826. The molecule has 3 aromatic rings. The number of aryl methyl sites for hydroxylation is 1. The Morgan fingerprint density at radius 3 is 2.94 bits per heavy atom. The molecule has 3 rings (SSSR count). The van der Waals surface area contributed by atoms with Crippen molar-refractivity contribution in [2.45, 2.75) is 13.5 Å². The highest BCUT2D eigenvalue weighted by atomic mass is 15.1. The molecule has 0 unspecified atom stereocenters. The fraction of sp³-hybridized carbons (Fsp3) is 0.167. The van der Waals surface area contributed by atoms with E-state index in [0.717, 1.165) is 33.7 Å². The van der Waals surface area contributed by atoms with Crippen LogP contribution >= 0.6 is 0 Å². The predicted octanol–water partition coefficient (Wildman–Crippen LogP) is 1.72. The summed E-state index contributed by atoms with van der Waals surface area (Å²) >= 11 is 0. The molecular formula is C12H13N5. The van der Waals surface area contributed by atoms with Gasteiger partial charge in [-0.2, -0.15) is 5.10 Å². The maximum atomic E-state index is 5.70. The molecule has 5 heteroatoms. The fourth-order valence-electron chi connectivity index (χ4n) is 1.97. The Morgan fingerprint density at radius 1 is 1.35 bits per heavy atom. The Labute approximate surface area is 98.1 Å². The van der Waals surface area contributed by atoms with Gasteiger partial charge in [0.1, 0.15) is 5.82 Å². The van der Waals surface area contributed by atoms with Gasteiger partial charge in [-0.1, -0.05) is 12.1 Å². The first kappa shape index (κ1) is 10.0. The van der Waals surface area contributed by atoms with Gasteiger partial charge in [-0.25, -0.2) is 4.98 Å². The number of nitrogens with zero attached hydrogens (tertiary/aromatic N) is 2. The van der Waals surface area contributed by atoms with Crippen molar-refractivity contribution < 1.29 is 0 Å². The van der Waals surface area contributed by atoms with Gasteiger partial charge in [-0.15, -0.1) is 0 Å². The lowest BCUT2D eigenvalue weighted by molar-refractivity contribution is 1.05. The average molecular weight is 227 g/mol. The summed E-state index contributed by atoms with van der Waals surface area (Å²) < 4.78 is 0. The third kappa shape index (κ3) is 1.52. The number of aromatic nitrogens is 4. The Bertz CT molecular complexity index is 664. The van der Waals surface area contributed by atoms with Gasteiger partial charge >= 0.3 is 0 Å². The van der Waals surface area contributed by atoms with Gasteiger partial charge in [-0.3, -0.25) is 5.10 Å². The van der Waals surface area contributed by atoms with E-state index in [1.54, 1.807) is 6.20 Å². The number of nitrogens with two attached hydrogens (primary N) is 1. The summed E-state index contributed by atoms with van der Waals surface area (Å²) in [5, 5.41) is 6.91. The molecule has 0 aliphatic rings. The molecule has 17 heavy (non-hydrogen) atoms. The van der Waals surface area contributed by atoms with E-state index in [9.17, 15) is 0 Å². The van der Waals surface area contributed by atoms with Gasteiger partial charge < -0.3 is 10.7 Å². The second-order valence-corrected chi connectivity index (χ2v) is 4.01. The maximum Gasteiger partial charge on any atom is 0.141 e. The predicted molar refractivity (Wildman–Crippen MR) is 66.3 cm³/mol. The molecule has 0 fully saturated rings. The Morgan fingerprint density at radius 2 is 2.24 bits per heavy atom. The van der Waals surface area contributed by atoms with E-state index in [4.69, 9.17) is 5.73 Å². The molecule has 0 saturated carbocycles. The number of imidazole rings is 1. The number of benzene rings is 1. The smallest absolute Gasteiger partial charge is 0.141 e. The van der Waals surface area contributed by atoms with E-state index in [2.05, 4.69) is 20.2 Å². The summed E-state index contributed by atoms with van der Waals surface area (Å²) in [5.41, 5.74) is 10.7. The SMILES string of the molecule is Cc1[nH]ncc1-c1nc2c(CN)cccc2[nH]1. The van der Waals surface area contributed by atoms with Crippen LogP contribution in [0, 0.1) is 6.92 Å². The van der Waals surface area contributed by atoms with Crippen LogP contribution in [0.2, 0.25) is 0 Å². The van der Waals surface area contributed by atoms with Crippen LogP contribution in [0.3, 0.4) is 0 Å². The lowest BCUT2D eigenvalue weighted by Crippen LogP contribution is -1.96. The third-order valence-corrected chi connectivity index (χ3v) is 2.90. The Hall–Kier alpha value is -2.14. The van der Waals surface area contributed by atoms with Crippen LogP contribution in [-0.4, -0.2) is 20.2 Å². The summed E-state index contributed by atoms with van der Waals surface area (Å²) in [6.45, 7) is 2.46. The van der Waals surface area contributed by atoms with Crippen molar-refractivity contribution in [3.8, 4) is 11.4 Å². The highest BCUT2D eigenvalue weighted by molar-refractivity contribution is 5.82. The number of hydrogen-bond donors (Lipinski definition) is 3. The van der Waals surface area contributed by atoms with Crippen LogP contribution in [-0.2, 0) is 6.54 Å². The molecule has 0 aliphatic carbocycles. The van der Waals surface area contributed by atoms with Crippen molar-refractivity contribution in [2.24, 2.45) is 5.73 Å². The number of nitrogens with one attached hydrogen (secondary N) is 2. The minimum absolute atomic E-state index is 0.492. The summed E-state index contributed by atoms with van der Waals surface area (Å²) in [4.78, 5) is 7.88. The molecule has 4 N–H and O–H groups in total. The first-order valence-electron chi connectivity index (χ1n) is 5.47. The molecule has 0 saturated heterocycles. The van der Waals surface area contributed by atoms with Crippen molar-refractivity contribution in [3.05, 3.63) is 35.7 Å². The highest BCUT2D eigenvalue weighted by Crippen LogP contribution is 2.23. The molecule has 0 radical (unpaired) electrons. The van der Waals surface area contributed by atoms with Crippen molar-refractivity contribution in [1.82, 2.24) is 20.2 Å². The second-order valence-electron chi connectivity index (χ2n) is 4.01. The fourth-order valence-corrected chi connectivity index (χ4v) is 1.97. The van der Waals surface area contributed by atoms with E-state index in [1.807, 2.05) is 25.1 Å². The van der Waals surface area contributed by atoms with Gasteiger partial charge in [0, 0.05) is 12.2 Å². The number of aromatic amines is 2. The molecule has 1 aromatic carbocycles. The molecule has 0 spiro atoms. The standard InChI is InChI=1S/C12H13N5/c1-7-9(6-14-17-7)12-15-10-4-2-3-8(5-13)11(10)16-12/h2-4,6H,5,13H2,1H3,(H,14,17)(H,15,16). The monoisotopic (exact) mass is 227 g/mol. The van der Waals surface area contributed by atoms with E-state index in [-0.39, 0.29) is 0 Å². The van der Waals surface area contributed by atoms with Crippen molar-refractivity contribution in [1.29, 1.82) is 0 Å². The number of para-hydroxylation sites is 1. The molecular weight excluding hydrogens is 214 g/mol. The highest BCUT2D eigenvalue weighted by Gasteiger charge is 2.10. The zero-order valence-electron chi connectivity index (χ0n) is 9.49. The molecule has 5 nitrogen and oxygen atoms in total. The van der Waals surface area contributed by atoms with Crippen LogP contribution in [0.25, 0.3) is 22.4 Å². The normalized spacial score (nSPS) is 11.2. The maximum absolute atomic E-state index is 5.70. The molecule has 2 aromatic heterocycles. The van der Waals surface area contributed by atoms with E-state index in [1.165, 1.54) is 0 Å². The zero-order valence-corrected chi connectivity index (χ0v) is 9.49. The van der Waals surface area contributed by atoms with Crippen LogP contribution < -0.4 is 5.73 Å². The van der Waals surface area contributed by atoms with Gasteiger partial charge in [0.05, 0.1) is 22.8 Å². The number of rotatable bonds is 2. The molecule has 0 bridgehead atoms.